The lowest BCUT2D eigenvalue weighted by Gasteiger charge is -2.41. The maximum Gasteiger partial charge on any atom is 0.416 e. The molecule has 0 aliphatic carbocycles. The van der Waals surface area contributed by atoms with Crippen LogP contribution in [0.3, 0.4) is 0 Å². The van der Waals surface area contributed by atoms with Crippen LogP contribution < -0.4 is 0 Å². The van der Waals surface area contributed by atoms with Crippen molar-refractivity contribution in [2.45, 2.75) is 51.1 Å². The fourth-order valence-electron chi connectivity index (χ4n) is 5.11. The van der Waals surface area contributed by atoms with E-state index in [0.717, 1.165) is 73.3 Å². The van der Waals surface area contributed by atoms with Crippen molar-refractivity contribution in [3.05, 3.63) is 64.2 Å². The molecule has 4 nitrogen and oxygen atoms in total. The molecule has 2 heterocycles. The molecule has 1 saturated heterocycles. The topological polar surface area (TPSA) is 35.9 Å². The van der Waals surface area contributed by atoms with Gasteiger partial charge in [-0.15, -0.1) is 0 Å². The maximum atomic E-state index is 12.8. The van der Waals surface area contributed by atoms with Crippen molar-refractivity contribution >= 4 is 0 Å². The summed E-state index contributed by atoms with van der Waals surface area (Å²) in [5.41, 5.74) is 3.29. The van der Waals surface area contributed by atoms with Crippen LogP contribution in [-0.2, 0) is 23.9 Å². The van der Waals surface area contributed by atoms with E-state index in [1.807, 2.05) is 27.1 Å². The van der Waals surface area contributed by atoms with Gasteiger partial charge in [-0.25, -0.2) is 0 Å². The highest BCUT2D eigenvalue weighted by molar-refractivity contribution is 5.47. The summed E-state index contributed by atoms with van der Waals surface area (Å²) < 4.78 is 45.0. The molecule has 2 aromatic carbocycles. The van der Waals surface area contributed by atoms with Gasteiger partial charge in [-0.05, 0) is 81.7 Å². The first kappa shape index (κ1) is 24.0. The molecule has 2 atom stereocenters. The van der Waals surface area contributed by atoms with Gasteiger partial charge in [-0.2, -0.15) is 13.2 Å². The second kappa shape index (κ2) is 9.65. The number of halogens is 3. The third kappa shape index (κ3) is 5.53. The zero-order valence-electron chi connectivity index (χ0n) is 19.5. The van der Waals surface area contributed by atoms with Gasteiger partial charge in [0.15, 0.2) is 0 Å². The monoisotopic (exact) mass is 462 g/mol. The largest absolute Gasteiger partial charge is 0.507 e. The summed E-state index contributed by atoms with van der Waals surface area (Å²) in [5, 5.41) is 10.7. The zero-order valence-corrected chi connectivity index (χ0v) is 19.5. The number of likely N-dealkylation sites (tertiary alicyclic amines) is 1. The minimum absolute atomic E-state index is 0.0587. The molecule has 0 radical (unpaired) electrons. The number of nitrogens with zero attached hydrogens (tertiary/aromatic N) is 2. The van der Waals surface area contributed by atoms with Gasteiger partial charge < -0.3 is 14.7 Å². The first-order valence-electron chi connectivity index (χ1n) is 11.6. The van der Waals surface area contributed by atoms with E-state index in [0.29, 0.717) is 18.2 Å². The summed E-state index contributed by atoms with van der Waals surface area (Å²) in [4.78, 5) is 4.41. The Morgan fingerprint density at radius 2 is 1.73 bits per heavy atom. The normalized spacial score (nSPS) is 22.5. The summed E-state index contributed by atoms with van der Waals surface area (Å²) in [7, 11) is 4.06. The maximum absolute atomic E-state index is 12.8. The third-order valence-corrected chi connectivity index (χ3v) is 6.99. The second-order valence-corrected chi connectivity index (χ2v) is 9.74. The number of phenols is 1. The third-order valence-electron chi connectivity index (χ3n) is 6.99. The Bertz CT molecular complexity index is 951. The predicted octanol–water partition coefficient (Wildman–Crippen LogP) is 5.18. The Balaban J connectivity index is 1.39. The van der Waals surface area contributed by atoms with Crippen LogP contribution >= 0.6 is 0 Å². The van der Waals surface area contributed by atoms with Crippen LogP contribution in [-0.4, -0.2) is 54.7 Å². The average Bonchev–Trinajstić information content (AvgIpc) is 2.76. The lowest BCUT2D eigenvalue weighted by Crippen LogP contribution is -2.42. The van der Waals surface area contributed by atoms with Crippen molar-refractivity contribution < 1.29 is 23.0 Å². The summed E-state index contributed by atoms with van der Waals surface area (Å²) in [6, 6.07) is 9.52. The number of fused-ring (bicyclic) bond motifs is 1. The van der Waals surface area contributed by atoms with Crippen LogP contribution in [0.2, 0.25) is 0 Å². The van der Waals surface area contributed by atoms with E-state index in [1.54, 1.807) is 12.1 Å². The van der Waals surface area contributed by atoms with Crippen molar-refractivity contribution in [3.63, 3.8) is 0 Å². The van der Waals surface area contributed by atoms with E-state index < -0.39 is 11.7 Å². The molecule has 180 valence electrons. The number of likely N-dealkylation sites (N-methyl/N-ethyl adjacent to an activating group) is 1. The standard InChI is InChI=1S/C26H33F3N2O2/c1-17-4-9-21-22(25(17)32)14-23(33-24(21)16-30(2)3)19-10-12-31(13-11-19)15-18-5-7-20(8-6-18)26(27,28)29/h4-9,19,23-24,32H,10-16H2,1-3H3/t23-,24-/m0/s1. The Morgan fingerprint density at radius 1 is 1.06 bits per heavy atom. The lowest BCUT2D eigenvalue weighted by molar-refractivity contribution is -0.137. The van der Waals surface area contributed by atoms with E-state index in [9.17, 15) is 18.3 Å². The molecular weight excluding hydrogens is 429 g/mol. The number of alkyl halides is 3. The number of aromatic hydroxyl groups is 1. The molecule has 0 aromatic heterocycles. The van der Waals surface area contributed by atoms with Gasteiger partial charge in [0.1, 0.15) is 5.75 Å². The number of aryl methyl sites for hydroxylation is 1. The molecule has 33 heavy (non-hydrogen) atoms. The quantitative estimate of drug-likeness (QED) is 0.665. The number of hydrogen-bond donors (Lipinski definition) is 1. The van der Waals surface area contributed by atoms with Gasteiger partial charge in [0.05, 0.1) is 17.8 Å². The summed E-state index contributed by atoms with van der Waals surface area (Å²) >= 11 is 0. The number of hydrogen-bond acceptors (Lipinski definition) is 4. The Hall–Kier alpha value is -2.09. The smallest absolute Gasteiger partial charge is 0.416 e. The molecule has 0 bridgehead atoms. The van der Waals surface area contributed by atoms with Gasteiger partial charge in [-0.1, -0.05) is 24.3 Å². The van der Waals surface area contributed by atoms with Crippen LogP contribution in [0.4, 0.5) is 13.2 Å². The van der Waals surface area contributed by atoms with E-state index in [-0.39, 0.29) is 12.2 Å². The molecule has 4 rings (SSSR count). The molecule has 2 aliphatic heterocycles. The molecule has 1 fully saturated rings. The second-order valence-electron chi connectivity index (χ2n) is 9.74. The fraction of sp³-hybridized carbons (Fsp3) is 0.538. The number of piperidine rings is 1. The van der Waals surface area contributed by atoms with Gasteiger partial charge in [-0.3, -0.25) is 4.90 Å². The van der Waals surface area contributed by atoms with Crippen LogP contribution in [0.5, 0.6) is 5.75 Å². The molecule has 0 saturated carbocycles. The molecular formula is C26H33F3N2O2. The summed E-state index contributed by atoms with van der Waals surface area (Å²) in [5.74, 6) is 0.788. The van der Waals surface area contributed by atoms with E-state index in [4.69, 9.17) is 4.74 Å². The minimum atomic E-state index is -4.30. The molecule has 0 amide bonds. The highest BCUT2D eigenvalue weighted by atomic mass is 19.4. The van der Waals surface area contributed by atoms with Crippen LogP contribution in [0.25, 0.3) is 0 Å². The highest BCUT2D eigenvalue weighted by Gasteiger charge is 2.36. The SMILES string of the molecule is Cc1ccc2c(c1O)C[C@@H](C1CCN(Cc3ccc(C(F)(F)F)cc3)CC1)O[C@H]2CN(C)C. The van der Waals surface area contributed by atoms with Crippen LogP contribution in [0.15, 0.2) is 36.4 Å². The highest BCUT2D eigenvalue weighted by Crippen LogP contribution is 2.41. The van der Waals surface area contributed by atoms with Crippen LogP contribution in [0.1, 0.15) is 46.8 Å². The van der Waals surface area contributed by atoms with Crippen molar-refractivity contribution in [3.8, 4) is 5.75 Å². The predicted molar refractivity (Wildman–Crippen MR) is 122 cm³/mol. The number of benzene rings is 2. The molecule has 1 N–H and O–H groups in total. The molecule has 7 heteroatoms. The van der Waals surface area contributed by atoms with E-state index in [2.05, 4.69) is 15.9 Å². The van der Waals surface area contributed by atoms with Crippen molar-refractivity contribution in [2.75, 3.05) is 33.7 Å². The number of rotatable bonds is 5. The number of ether oxygens (including phenoxy) is 1. The average molecular weight is 463 g/mol. The molecule has 0 unspecified atom stereocenters. The van der Waals surface area contributed by atoms with E-state index >= 15 is 0 Å². The van der Waals surface area contributed by atoms with Gasteiger partial charge in [0.25, 0.3) is 0 Å². The molecule has 2 aromatic rings. The van der Waals surface area contributed by atoms with Crippen molar-refractivity contribution in [2.24, 2.45) is 5.92 Å². The van der Waals surface area contributed by atoms with Gasteiger partial charge in [0.2, 0.25) is 0 Å². The van der Waals surface area contributed by atoms with Gasteiger partial charge >= 0.3 is 6.18 Å². The summed E-state index contributed by atoms with van der Waals surface area (Å²) in [6.07, 6.45) is -1.64. The Morgan fingerprint density at radius 3 is 2.33 bits per heavy atom. The summed E-state index contributed by atoms with van der Waals surface area (Å²) in [6.45, 7) is 5.12. The minimum Gasteiger partial charge on any atom is -0.507 e. The van der Waals surface area contributed by atoms with Crippen molar-refractivity contribution in [1.82, 2.24) is 9.80 Å². The molecule has 0 spiro atoms. The fourth-order valence-corrected chi connectivity index (χ4v) is 5.11. The Labute approximate surface area is 194 Å². The van der Waals surface area contributed by atoms with Crippen LogP contribution in [0, 0.1) is 12.8 Å². The Kier molecular flexibility index (Phi) is 7.03. The van der Waals surface area contributed by atoms with Gasteiger partial charge in [0, 0.05) is 25.1 Å². The first-order valence-corrected chi connectivity index (χ1v) is 11.6. The lowest BCUT2D eigenvalue weighted by atomic mass is 9.83. The van der Waals surface area contributed by atoms with E-state index in [1.165, 1.54) is 0 Å². The first-order chi connectivity index (χ1) is 15.6. The van der Waals surface area contributed by atoms with Crippen molar-refractivity contribution in [1.29, 1.82) is 0 Å². The number of phenolic OH excluding ortho intramolecular Hbond substituents is 1. The zero-order chi connectivity index (χ0) is 23.8. The molecule has 2 aliphatic rings.